The van der Waals surface area contributed by atoms with E-state index in [9.17, 15) is 21.6 Å². The van der Waals surface area contributed by atoms with Crippen molar-refractivity contribution in [2.24, 2.45) is 5.92 Å². The Labute approximate surface area is 120 Å². The molecule has 2 rings (SSSR count). The highest BCUT2D eigenvalue weighted by Gasteiger charge is 2.32. The van der Waals surface area contributed by atoms with Crippen LogP contribution in [0.5, 0.6) is 0 Å². The minimum atomic E-state index is -4.57. The molecule has 0 N–H and O–H groups in total. The molecule has 0 amide bonds. The van der Waals surface area contributed by atoms with Crippen LogP contribution in [-0.4, -0.2) is 40.6 Å². The first-order chi connectivity index (χ1) is 9.79. The maximum absolute atomic E-state index is 12.6. The fourth-order valence-electron chi connectivity index (χ4n) is 2.03. The molecule has 1 aromatic rings. The Bertz CT molecular complexity index is 575. The molecule has 8 heteroatoms. The third kappa shape index (κ3) is 4.42. The van der Waals surface area contributed by atoms with Gasteiger partial charge in [0.1, 0.15) is 0 Å². The number of ether oxygens (including phenoxy) is 2. The van der Waals surface area contributed by atoms with Gasteiger partial charge in [-0.3, -0.25) is 0 Å². The van der Waals surface area contributed by atoms with Crippen LogP contribution in [-0.2, 0) is 25.5 Å². The van der Waals surface area contributed by atoms with E-state index in [1.165, 1.54) is 6.07 Å². The summed E-state index contributed by atoms with van der Waals surface area (Å²) in [6.45, 7) is 1.22. The summed E-state index contributed by atoms with van der Waals surface area (Å²) in [6, 6.07) is 3.77. The van der Waals surface area contributed by atoms with Crippen molar-refractivity contribution in [2.75, 3.05) is 32.2 Å². The van der Waals surface area contributed by atoms with Crippen LogP contribution < -0.4 is 0 Å². The fraction of sp³-hybridized carbons (Fsp3) is 0.538. The lowest BCUT2D eigenvalue weighted by Crippen LogP contribution is -2.23. The van der Waals surface area contributed by atoms with Crippen molar-refractivity contribution in [1.82, 2.24) is 0 Å². The first-order valence-electron chi connectivity index (χ1n) is 6.34. The Morgan fingerprint density at radius 3 is 2.33 bits per heavy atom. The summed E-state index contributed by atoms with van der Waals surface area (Å²) in [5.74, 6) is -0.680. The van der Waals surface area contributed by atoms with Gasteiger partial charge in [-0.25, -0.2) is 8.42 Å². The van der Waals surface area contributed by atoms with Crippen molar-refractivity contribution in [3.05, 3.63) is 29.8 Å². The van der Waals surface area contributed by atoms with Crippen LogP contribution in [0.1, 0.15) is 5.56 Å². The number of hydrogen-bond donors (Lipinski definition) is 0. The van der Waals surface area contributed by atoms with Crippen molar-refractivity contribution >= 4 is 9.84 Å². The van der Waals surface area contributed by atoms with E-state index < -0.39 is 21.6 Å². The molecule has 0 spiro atoms. The molecular formula is C13H15F3O4S. The summed E-state index contributed by atoms with van der Waals surface area (Å²) >= 11 is 0. The monoisotopic (exact) mass is 324 g/mol. The maximum Gasteiger partial charge on any atom is 0.416 e. The van der Waals surface area contributed by atoms with E-state index in [-0.39, 0.29) is 29.8 Å². The van der Waals surface area contributed by atoms with Gasteiger partial charge in [-0.1, -0.05) is 6.07 Å². The molecule has 4 nitrogen and oxygen atoms in total. The summed E-state index contributed by atoms with van der Waals surface area (Å²) in [7, 11) is -3.82. The maximum atomic E-state index is 12.6. The zero-order valence-corrected chi connectivity index (χ0v) is 11.9. The largest absolute Gasteiger partial charge is 0.416 e. The molecule has 0 radical (unpaired) electrons. The number of benzene rings is 1. The van der Waals surface area contributed by atoms with E-state index in [1.54, 1.807) is 0 Å². The van der Waals surface area contributed by atoms with Crippen LogP contribution >= 0.6 is 0 Å². The minimum Gasteiger partial charge on any atom is -0.379 e. The first kappa shape index (κ1) is 16.3. The van der Waals surface area contributed by atoms with Gasteiger partial charge in [0.25, 0.3) is 0 Å². The summed E-state index contributed by atoms with van der Waals surface area (Å²) in [4.78, 5) is -0.332. The number of sulfone groups is 1. The molecule has 0 atom stereocenters. The van der Waals surface area contributed by atoms with Crippen LogP contribution in [0.4, 0.5) is 13.2 Å². The van der Waals surface area contributed by atoms with Crippen molar-refractivity contribution in [3.63, 3.8) is 0 Å². The summed E-state index contributed by atoms with van der Waals surface area (Å²) in [6.07, 6.45) is -4.57. The van der Waals surface area contributed by atoms with Crippen molar-refractivity contribution in [2.45, 2.75) is 11.1 Å². The van der Waals surface area contributed by atoms with Gasteiger partial charge in [0.05, 0.1) is 42.6 Å². The van der Waals surface area contributed by atoms with Crippen molar-refractivity contribution in [3.8, 4) is 0 Å². The Hall–Kier alpha value is -1.12. The molecule has 1 saturated heterocycles. The molecule has 1 aliphatic heterocycles. The Balaban J connectivity index is 2.19. The lowest BCUT2D eigenvalue weighted by Gasteiger charge is -2.14. The molecular weight excluding hydrogens is 309 g/mol. The first-order valence-corrected chi connectivity index (χ1v) is 8.00. The van der Waals surface area contributed by atoms with Crippen LogP contribution in [0.15, 0.2) is 29.2 Å². The smallest absolute Gasteiger partial charge is 0.379 e. The van der Waals surface area contributed by atoms with Gasteiger partial charge in [0.15, 0.2) is 9.84 Å². The molecule has 0 aromatic heterocycles. The molecule has 0 unspecified atom stereocenters. The van der Waals surface area contributed by atoms with Gasteiger partial charge in [-0.2, -0.15) is 13.2 Å². The van der Waals surface area contributed by atoms with Crippen LogP contribution in [0.25, 0.3) is 0 Å². The van der Waals surface area contributed by atoms with Crippen LogP contribution in [0, 0.1) is 5.92 Å². The van der Waals surface area contributed by atoms with Gasteiger partial charge in [0, 0.05) is 5.92 Å². The fourth-order valence-corrected chi connectivity index (χ4v) is 3.63. The third-order valence-electron chi connectivity index (χ3n) is 3.05. The normalized spacial score (nSPS) is 18.4. The highest BCUT2D eigenvalue weighted by Crippen LogP contribution is 2.31. The molecule has 0 bridgehead atoms. The Kier molecular flexibility index (Phi) is 4.90. The Morgan fingerprint density at radius 1 is 1.14 bits per heavy atom. The molecule has 1 heterocycles. The highest BCUT2D eigenvalue weighted by molar-refractivity contribution is 7.91. The number of alkyl halides is 3. The predicted octanol–water partition coefficient (Wildman–Crippen LogP) is 2.14. The van der Waals surface area contributed by atoms with Gasteiger partial charge in [-0.05, 0) is 18.2 Å². The number of rotatable bonds is 3. The number of halogens is 3. The van der Waals surface area contributed by atoms with E-state index in [2.05, 4.69) is 0 Å². The van der Waals surface area contributed by atoms with Crippen molar-refractivity contribution < 1.29 is 31.1 Å². The molecule has 1 fully saturated rings. The summed E-state index contributed by atoms with van der Waals surface area (Å²) < 4.78 is 72.7. The molecule has 1 aromatic carbocycles. The molecule has 0 aliphatic carbocycles. The average molecular weight is 324 g/mol. The standard InChI is InChI=1S/C13H15F3O4S/c14-13(15,16)11-2-1-3-12(6-11)21(17,18)9-10-7-19-4-5-20-8-10/h1-3,6,10H,4-5,7-9H2. The van der Waals surface area contributed by atoms with Gasteiger partial charge >= 0.3 is 6.18 Å². The second-order valence-corrected chi connectivity index (χ2v) is 6.86. The van der Waals surface area contributed by atoms with Crippen LogP contribution in [0.3, 0.4) is 0 Å². The quantitative estimate of drug-likeness (QED) is 0.855. The van der Waals surface area contributed by atoms with Gasteiger partial charge in [0.2, 0.25) is 0 Å². The molecule has 118 valence electrons. The SMILES string of the molecule is O=S(=O)(CC1COCCOC1)c1cccc(C(F)(F)F)c1. The summed E-state index contributed by atoms with van der Waals surface area (Å²) in [5, 5.41) is 0. The summed E-state index contributed by atoms with van der Waals surface area (Å²) in [5.41, 5.74) is -0.975. The van der Waals surface area contributed by atoms with E-state index in [1.807, 2.05) is 0 Å². The van der Waals surface area contributed by atoms with Gasteiger partial charge in [-0.15, -0.1) is 0 Å². The lowest BCUT2D eigenvalue weighted by molar-refractivity contribution is -0.137. The topological polar surface area (TPSA) is 52.6 Å². The van der Waals surface area contributed by atoms with E-state index >= 15 is 0 Å². The second kappa shape index (κ2) is 6.33. The second-order valence-electron chi connectivity index (χ2n) is 4.82. The van der Waals surface area contributed by atoms with Crippen molar-refractivity contribution in [1.29, 1.82) is 0 Å². The highest BCUT2D eigenvalue weighted by atomic mass is 32.2. The molecule has 21 heavy (non-hydrogen) atoms. The third-order valence-corrected chi connectivity index (χ3v) is 4.94. The Morgan fingerprint density at radius 2 is 1.76 bits per heavy atom. The lowest BCUT2D eigenvalue weighted by atomic mass is 10.2. The number of hydrogen-bond acceptors (Lipinski definition) is 4. The zero-order chi connectivity index (χ0) is 15.5. The van der Waals surface area contributed by atoms with Crippen LogP contribution in [0.2, 0.25) is 0 Å². The zero-order valence-electron chi connectivity index (χ0n) is 11.1. The molecule has 0 saturated carbocycles. The minimum absolute atomic E-state index is 0.220. The molecule has 1 aliphatic rings. The predicted molar refractivity (Wildman–Crippen MR) is 68.6 cm³/mol. The van der Waals surface area contributed by atoms with E-state index in [4.69, 9.17) is 9.47 Å². The van der Waals surface area contributed by atoms with E-state index in [0.717, 1.165) is 12.1 Å². The average Bonchev–Trinajstić information content (AvgIpc) is 2.66. The van der Waals surface area contributed by atoms with E-state index in [0.29, 0.717) is 19.3 Å². The van der Waals surface area contributed by atoms with Gasteiger partial charge < -0.3 is 9.47 Å².